The second kappa shape index (κ2) is 16.4. The Kier molecular flexibility index (Phi) is 11.9. The molecule has 7 heteroatoms. The summed E-state index contributed by atoms with van der Waals surface area (Å²) in [6, 6.07) is 39.6. The first-order valence-electron chi connectivity index (χ1n) is 14.7. The maximum atomic E-state index is 11.4. The molecule has 0 aliphatic carbocycles. The molecule has 4 aromatic carbocycles. The Bertz CT molecular complexity index is 1310. The van der Waals surface area contributed by atoms with E-state index in [1.54, 1.807) is 7.11 Å². The Morgan fingerprint density at radius 2 is 0.953 bits per heavy atom. The fourth-order valence-corrected chi connectivity index (χ4v) is 5.16. The van der Waals surface area contributed by atoms with Crippen molar-refractivity contribution in [3.8, 4) is 0 Å². The number of aliphatic hydroxyl groups is 1. The topological polar surface area (TPSA) is 75.6 Å². The van der Waals surface area contributed by atoms with Crippen molar-refractivity contribution < 1.29 is 33.5 Å². The molecule has 1 saturated heterocycles. The molecular weight excluding hydrogens is 544 g/mol. The molecule has 0 unspecified atom stereocenters. The molecule has 1 N–H and O–H groups in total. The van der Waals surface area contributed by atoms with Crippen molar-refractivity contribution in [2.75, 3.05) is 13.7 Å². The first-order chi connectivity index (χ1) is 21.2. The van der Waals surface area contributed by atoms with Gasteiger partial charge in [0.25, 0.3) is 0 Å². The van der Waals surface area contributed by atoms with Crippen molar-refractivity contribution in [1.82, 2.24) is 0 Å². The Balaban J connectivity index is 1.39. The van der Waals surface area contributed by atoms with Gasteiger partial charge in [-0.1, -0.05) is 121 Å². The monoisotopic (exact) mass is 584 g/mol. The fourth-order valence-electron chi connectivity index (χ4n) is 5.16. The minimum absolute atomic E-state index is 0.0438. The number of methoxy groups -OCH3 is 1. The number of hydrogen-bond donors (Lipinski definition) is 1. The van der Waals surface area contributed by atoms with E-state index in [-0.39, 0.29) is 6.61 Å². The van der Waals surface area contributed by atoms with Crippen LogP contribution in [0.1, 0.15) is 22.3 Å². The molecule has 43 heavy (non-hydrogen) atoms. The third-order valence-electron chi connectivity index (χ3n) is 7.40. The minimum Gasteiger partial charge on any atom is -0.388 e. The lowest BCUT2D eigenvalue weighted by Crippen LogP contribution is -2.63. The molecule has 0 bridgehead atoms. The number of hydrogen-bond acceptors (Lipinski definition) is 7. The summed E-state index contributed by atoms with van der Waals surface area (Å²) in [5, 5.41) is 11.4. The molecule has 1 aliphatic rings. The van der Waals surface area contributed by atoms with E-state index in [1.807, 2.05) is 121 Å². The molecule has 0 aromatic heterocycles. The van der Waals surface area contributed by atoms with Crippen molar-refractivity contribution in [3.05, 3.63) is 144 Å². The second-order valence-electron chi connectivity index (χ2n) is 10.6. The van der Waals surface area contributed by atoms with Gasteiger partial charge in [-0.3, -0.25) is 0 Å². The van der Waals surface area contributed by atoms with Gasteiger partial charge in [0.2, 0.25) is 0 Å². The normalized spacial score (nSPS) is 22.7. The predicted octanol–water partition coefficient (Wildman–Crippen LogP) is 5.69. The van der Waals surface area contributed by atoms with Gasteiger partial charge in [0, 0.05) is 7.11 Å². The Labute approximate surface area is 253 Å². The standard InChI is InChI=1S/C36H40O7/c1-38-36-35(42-25-30-20-12-5-13-21-30)34(41-24-29-18-10-4-11-19-29)33(40-23-28-16-8-3-9-17-28)32(43-36)31(37)26-39-22-27-14-6-2-7-15-27/h2-21,31-37H,22-26H2,1H3/t31-,32+,33+,34+,35+,36+/m0/s1. The quantitative estimate of drug-likeness (QED) is 0.192. The Morgan fingerprint density at radius 1 is 0.558 bits per heavy atom. The highest BCUT2D eigenvalue weighted by atomic mass is 16.7. The molecule has 4 aromatic rings. The molecule has 0 saturated carbocycles. The highest BCUT2D eigenvalue weighted by molar-refractivity contribution is 5.16. The molecule has 0 amide bonds. The van der Waals surface area contributed by atoms with Crippen LogP contribution in [-0.4, -0.2) is 55.6 Å². The first-order valence-corrected chi connectivity index (χ1v) is 14.7. The summed E-state index contributed by atoms with van der Waals surface area (Å²) < 4.78 is 37.7. The van der Waals surface area contributed by atoms with Crippen LogP contribution in [0.4, 0.5) is 0 Å². The maximum absolute atomic E-state index is 11.4. The third kappa shape index (κ3) is 9.05. The average Bonchev–Trinajstić information content (AvgIpc) is 3.07. The molecular formula is C36H40O7. The van der Waals surface area contributed by atoms with E-state index >= 15 is 0 Å². The van der Waals surface area contributed by atoms with Gasteiger partial charge in [0.05, 0.1) is 33.0 Å². The van der Waals surface area contributed by atoms with Crippen LogP contribution >= 0.6 is 0 Å². The molecule has 0 spiro atoms. The number of benzene rings is 4. The van der Waals surface area contributed by atoms with Crippen LogP contribution in [-0.2, 0) is 54.8 Å². The summed E-state index contributed by atoms with van der Waals surface area (Å²) in [6.07, 6.45) is -4.58. The van der Waals surface area contributed by atoms with Crippen LogP contribution in [0.15, 0.2) is 121 Å². The van der Waals surface area contributed by atoms with Gasteiger partial charge in [-0.25, -0.2) is 0 Å². The minimum atomic E-state index is -1.01. The second-order valence-corrected chi connectivity index (χ2v) is 10.6. The van der Waals surface area contributed by atoms with Gasteiger partial charge in [0.15, 0.2) is 6.29 Å². The zero-order valence-corrected chi connectivity index (χ0v) is 24.4. The summed E-state index contributed by atoms with van der Waals surface area (Å²) >= 11 is 0. The van der Waals surface area contributed by atoms with E-state index in [2.05, 4.69) is 0 Å². The van der Waals surface area contributed by atoms with E-state index in [9.17, 15) is 5.11 Å². The van der Waals surface area contributed by atoms with Gasteiger partial charge >= 0.3 is 0 Å². The highest BCUT2D eigenvalue weighted by Crippen LogP contribution is 2.32. The van der Waals surface area contributed by atoms with Gasteiger partial charge in [-0.05, 0) is 22.3 Å². The van der Waals surface area contributed by atoms with E-state index in [0.29, 0.717) is 26.4 Å². The maximum Gasteiger partial charge on any atom is 0.186 e. The number of ether oxygens (including phenoxy) is 6. The summed E-state index contributed by atoms with van der Waals surface area (Å²) in [5.41, 5.74) is 4.03. The van der Waals surface area contributed by atoms with E-state index in [4.69, 9.17) is 28.4 Å². The first kappa shape index (κ1) is 31.0. The number of rotatable bonds is 15. The zero-order chi connectivity index (χ0) is 29.7. The van der Waals surface area contributed by atoms with E-state index in [0.717, 1.165) is 22.3 Å². The molecule has 7 nitrogen and oxygen atoms in total. The Hall–Kier alpha value is -3.40. The van der Waals surface area contributed by atoms with Crippen LogP contribution in [0.2, 0.25) is 0 Å². The number of aliphatic hydroxyl groups excluding tert-OH is 1. The summed E-state index contributed by atoms with van der Waals surface area (Å²) in [6.45, 7) is 1.37. The van der Waals surface area contributed by atoms with Crippen LogP contribution < -0.4 is 0 Å². The van der Waals surface area contributed by atoms with Crippen LogP contribution in [0, 0.1) is 0 Å². The molecule has 0 radical (unpaired) electrons. The van der Waals surface area contributed by atoms with Crippen molar-refractivity contribution >= 4 is 0 Å². The van der Waals surface area contributed by atoms with E-state index in [1.165, 1.54) is 0 Å². The largest absolute Gasteiger partial charge is 0.388 e. The van der Waals surface area contributed by atoms with E-state index < -0.39 is 36.8 Å². The fraction of sp³-hybridized carbons (Fsp3) is 0.333. The van der Waals surface area contributed by atoms with Gasteiger partial charge in [-0.2, -0.15) is 0 Å². The summed E-state index contributed by atoms with van der Waals surface area (Å²) in [4.78, 5) is 0. The van der Waals surface area contributed by atoms with Gasteiger partial charge in [0.1, 0.15) is 30.5 Å². The highest BCUT2D eigenvalue weighted by Gasteiger charge is 2.51. The van der Waals surface area contributed by atoms with Gasteiger partial charge in [-0.15, -0.1) is 0 Å². The zero-order valence-electron chi connectivity index (χ0n) is 24.4. The van der Waals surface area contributed by atoms with Crippen LogP contribution in [0.5, 0.6) is 0 Å². The molecule has 6 atom stereocenters. The van der Waals surface area contributed by atoms with Crippen molar-refractivity contribution in [2.45, 2.75) is 63.2 Å². The molecule has 5 rings (SSSR count). The van der Waals surface area contributed by atoms with Crippen molar-refractivity contribution in [1.29, 1.82) is 0 Å². The summed E-state index contributed by atoms with van der Waals surface area (Å²) in [5.74, 6) is 0. The van der Waals surface area contributed by atoms with Crippen LogP contribution in [0.25, 0.3) is 0 Å². The van der Waals surface area contributed by atoms with Gasteiger partial charge < -0.3 is 33.5 Å². The average molecular weight is 585 g/mol. The molecule has 1 heterocycles. The smallest absolute Gasteiger partial charge is 0.186 e. The predicted molar refractivity (Wildman–Crippen MR) is 163 cm³/mol. The Morgan fingerprint density at radius 3 is 1.40 bits per heavy atom. The molecule has 1 aliphatic heterocycles. The molecule has 1 fully saturated rings. The molecule has 226 valence electrons. The lowest BCUT2D eigenvalue weighted by atomic mass is 9.94. The van der Waals surface area contributed by atoms with Crippen LogP contribution in [0.3, 0.4) is 0 Å². The lowest BCUT2D eigenvalue weighted by Gasteiger charge is -2.46. The lowest BCUT2D eigenvalue weighted by molar-refractivity contribution is -0.331. The SMILES string of the molecule is CO[C@@H]1O[C@H]([C@@H](O)COCc2ccccc2)[C@@H](OCc2ccccc2)[C@@H](OCc2ccccc2)[C@H]1OCc1ccccc1. The third-order valence-corrected chi connectivity index (χ3v) is 7.40. The van der Waals surface area contributed by atoms with Crippen molar-refractivity contribution in [2.24, 2.45) is 0 Å². The van der Waals surface area contributed by atoms with Crippen molar-refractivity contribution in [3.63, 3.8) is 0 Å². The summed E-state index contributed by atoms with van der Waals surface area (Å²) in [7, 11) is 1.57.